The first-order valence-corrected chi connectivity index (χ1v) is 3.12. The molecule has 1 aromatic rings. The first-order chi connectivity index (χ1) is 5.95. The van der Waals surface area contributed by atoms with E-state index in [4.69, 9.17) is 11.6 Å². The van der Waals surface area contributed by atoms with Gasteiger partial charge in [0.1, 0.15) is 11.4 Å². The number of nitrogens with zero attached hydrogens (tertiary/aromatic N) is 2. The highest BCUT2D eigenvalue weighted by Gasteiger charge is 2.34. The number of aromatic nitrogens is 2. The van der Waals surface area contributed by atoms with Crippen LogP contribution in [0.1, 0.15) is 5.56 Å². The molecule has 1 rings (SSSR count). The molecule has 0 atom stereocenters. The van der Waals surface area contributed by atoms with E-state index < -0.39 is 17.6 Å². The van der Waals surface area contributed by atoms with Gasteiger partial charge < -0.3 is 11.2 Å². The maximum absolute atomic E-state index is 12.2. The van der Waals surface area contributed by atoms with Crippen LogP contribution >= 0.6 is 0 Å². The molecule has 0 aliphatic carbocycles. The summed E-state index contributed by atoms with van der Waals surface area (Å²) in [6.45, 7) is 0. The summed E-state index contributed by atoms with van der Waals surface area (Å²) in [6.07, 6.45) is -4.55. The molecule has 8 heteroatoms. The number of nitrogen functional groups attached to an aromatic ring is 2. The largest absolute Gasteiger partial charge is 0.420 e. The van der Waals surface area contributed by atoms with Crippen molar-refractivity contribution in [3.05, 3.63) is 11.6 Å². The average molecular weight is 193 g/mol. The van der Waals surface area contributed by atoms with Crippen LogP contribution in [0.2, 0.25) is 0 Å². The molecule has 0 fully saturated rings. The molecule has 13 heavy (non-hydrogen) atoms. The fourth-order valence-electron chi connectivity index (χ4n) is 0.729. The zero-order valence-electron chi connectivity index (χ0n) is 6.26. The average Bonchev–Trinajstić information content (AvgIpc) is 2.03. The number of hydrogen-bond donors (Lipinski definition) is 3. The van der Waals surface area contributed by atoms with Crippen LogP contribution in [-0.2, 0) is 6.18 Å². The van der Waals surface area contributed by atoms with Gasteiger partial charge in [-0.15, -0.1) is 10.2 Å². The van der Waals surface area contributed by atoms with Gasteiger partial charge in [0.15, 0.2) is 5.82 Å². The minimum atomic E-state index is -4.55. The van der Waals surface area contributed by atoms with E-state index in [1.165, 1.54) is 0 Å². The van der Waals surface area contributed by atoms with E-state index in [9.17, 15) is 13.2 Å². The second kappa shape index (κ2) is 3.05. The van der Waals surface area contributed by atoms with Crippen molar-refractivity contribution in [2.75, 3.05) is 11.2 Å². The van der Waals surface area contributed by atoms with Crippen LogP contribution in [-0.4, -0.2) is 10.2 Å². The number of halogens is 3. The van der Waals surface area contributed by atoms with Crippen LogP contribution in [0, 0.1) is 0 Å². The summed E-state index contributed by atoms with van der Waals surface area (Å²) in [7, 11) is 0. The third kappa shape index (κ3) is 1.96. The van der Waals surface area contributed by atoms with E-state index in [2.05, 4.69) is 10.2 Å². The Labute approximate surface area is 70.9 Å². The second-order valence-electron chi connectivity index (χ2n) is 2.17. The van der Waals surface area contributed by atoms with Gasteiger partial charge in [-0.2, -0.15) is 13.2 Å². The first-order valence-electron chi connectivity index (χ1n) is 3.12. The monoisotopic (exact) mass is 193 g/mol. The highest BCUT2D eigenvalue weighted by Crippen LogP contribution is 2.33. The lowest BCUT2D eigenvalue weighted by Crippen LogP contribution is -2.17. The Hall–Kier alpha value is -1.57. The quantitative estimate of drug-likeness (QED) is 0.442. The Morgan fingerprint density at radius 1 is 1.31 bits per heavy atom. The summed E-state index contributed by atoms with van der Waals surface area (Å²) in [5.41, 5.74) is 5.78. The van der Waals surface area contributed by atoms with Crippen molar-refractivity contribution in [2.45, 2.75) is 6.18 Å². The Morgan fingerprint density at radius 3 is 2.38 bits per heavy atom. The molecule has 0 amide bonds. The van der Waals surface area contributed by atoms with Gasteiger partial charge in [-0.05, 0) is 6.07 Å². The molecule has 0 bridgehead atoms. The Balaban J connectivity index is 3.24. The molecule has 72 valence electrons. The topological polar surface area (TPSA) is 89.8 Å². The van der Waals surface area contributed by atoms with Crippen molar-refractivity contribution in [3.8, 4) is 0 Å². The number of hydrogen-bond acceptors (Lipinski definition) is 5. The molecule has 1 aromatic heterocycles. The summed E-state index contributed by atoms with van der Waals surface area (Å²) in [5, 5.41) is 6.34. The Bertz CT molecular complexity index is 310. The molecule has 0 unspecified atom stereocenters. The van der Waals surface area contributed by atoms with E-state index in [-0.39, 0.29) is 5.82 Å². The number of nitrogens with two attached hydrogens (primary N) is 2. The first kappa shape index (κ1) is 9.52. The molecule has 0 aromatic carbocycles. The van der Waals surface area contributed by atoms with Crippen molar-refractivity contribution in [3.63, 3.8) is 0 Å². The normalized spacial score (nSPS) is 11.4. The molecule has 0 spiro atoms. The van der Waals surface area contributed by atoms with Crippen LogP contribution in [0.3, 0.4) is 0 Å². The summed E-state index contributed by atoms with van der Waals surface area (Å²) in [4.78, 5) is 0. The predicted molar refractivity (Wildman–Crippen MR) is 39.3 cm³/mol. The SMILES string of the molecule is NNc1nnc(N)cc1C(F)(F)F. The van der Waals surface area contributed by atoms with E-state index in [1.54, 1.807) is 5.43 Å². The van der Waals surface area contributed by atoms with Crippen LogP contribution in [0.15, 0.2) is 6.07 Å². The standard InChI is InChI=1S/C5H6F3N5/c6-5(7,8)2-1-3(9)12-13-4(2)11-10/h1H,10H2,(H2,9,12)(H,11,13). The van der Waals surface area contributed by atoms with Gasteiger partial charge in [0.2, 0.25) is 0 Å². The van der Waals surface area contributed by atoms with Gasteiger partial charge in [0.05, 0.1) is 0 Å². The third-order valence-electron chi connectivity index (χ3n) is 1.25. The molecule has 0 radical (unpaired) electrons. The smallest absolute Gasteiger partial charge is 0.382 e. The zero-order valence-corrected chi connectivity index (χ0v) is 6.26. The van der Waals surface area contributed by atoms with Crippen molar-refractivity contribution in [2.24, 2.45) is 5.84 Å². The van der Waals surface area contributed by atoms with Crippen molar-refractivity contribution in [1.82, 2.24) is 10.2 Å². The highest BCUT2D eigenvalue weighted by molar-refractivity contribution is 5.48. The fraction of sp³-hybridized carbons (Fsp3) is 0.200. The second-order valence-corrected chi connectivity index (χ2v) is 2.17. The Morgan fingerprint density at radius 2 is 1.92 bits per heavy atom. The van der Waals surface area contributed by atoms with E-state index >= 15 is 0 Å². The third-order valence-corrected chi connectivity index (χ3v) is 1.25. The number of rotatable bonds is 1. The highest BCUT2D eigenvalue weighted by atomic mass is 19.4. The summed E-state index contributed by atoms with van der Waals surface area (Å²) < 4.78 is 36.6. The Kier molecular flexibility index (Phi) is 2.24. The van der Waals surface area contributed by atoms with E-state index in [1.807, 2.05) is 0 Å². The van der Waals surface area contributed by atoms with Crippen LogP contribution in [0.5, 0.6) is 0 Å². The lowest BCUT2D eigenvalue weighted by atomic mass is 10.2. The van der Waals surface area contributed by atoms with Gasteiger partial charge in [0.25, 0.3) is 0 Å². The van der Waals surface area contributed by atoms with Crippen molar-refractivity contribution < 1.29 is 13.2 Å². The minimum Gasteiger partial charge on any atom is -0.382 e. The molecular formula is C5H6F3N5. The minimum absolute atomic E-state index is 0.314. The number of hydrazine groups is 1. The lowest BCUT2D eigenvalue weighted by Gasteiger charge is -2.10. The zero-order chi connectivity index (χ0) is 10.1. The number of anilines is 2. The van der Waals surface area contributed by atoms with E-state index in [0.29, 0.717) is 6.07 Å². The molecule has 5 N–H and O–H groups in total. The molecule has 1 heterocycles. The summed E-state index contributed by atoms with van der Waals surface area (Å²) in [6, 6.07) is 0.655. The van der Waals surface area contributed by atoms with Crippen LogP contribution in [0.4, 0.5) is 24.8 Å². The maximum atomic E-state index is 12.2. The van der Waals surface area contributed by atoms with Gasteiger partial charge >= 0.3 is 6.18 Å². The van der Waals surface area contributed by atoms with Gasteiger partial charge in [-0.1, -0.05) is 0 Å². The van der Waals surface area contributed by atoms with Crippen LogP contribution in [0.25, 0.3) is 0 Å². The van der Waals surface area contributed by atoms with Gasteiger partial charge in [-0.3, -0.25) is 0 Å². The van der Waals surface area contributed by atoms with Crippen molar-refractivity contribution >= 4 is 11.6 Å². The maximum Gasteiger partial charge on any atom is 0.420 e. The molecule has 0 aliphatic heterocycles. The molecule has 5 nitrogen and oxygen atoms in total. The fourth-order valence-corrected chi connectivity index (χ4v) is 0.729. The summed E-state index contributed by atoms with van der Waals surface area (Å²) >= 11 is 0. The summed E-state index contributed by atoms with van der Waals surface area (Å²) in [5.74, 6) is 3.94. The molecule has 0 saturated carbocycles. The lowest BCUT2D eigenvalue weighted by molar-refractivity contribution is -0.137. The molecular weight excluding hydrogens is 187 g/mol. The predicted octanol–water partition coefficient (Wildman–Crippen LogP) is 0.363. The van der Waals surface area contributed by atoms with Gasteiger partial charge in [0, 0.05) is 0 Å². The molecule has 0 saturated heterocycles. The van der Waals surface area contributed by atoms with E-state index in [0.717, 1.165) is 0 Å². The van der Waals surface area contributed by atoms with Crippen molar-refractivity contribution in [1.29, 1.82) is 0 Å². The molecule has 0 aliphatic rings. The number of alkyl halides is 3. The van der Waals surface area contributed by atoms with Crippen LogP contribution < -0.4 is 17.0 Å². The van der Waals surface area contributed by atoms with Gasteiger partial charge in [-0.25, -0.2) is 5.84 Å². The number of nitrogens with one attached hydrogen (secondary N) is 1.